The minimum atomic E-state index is -0.378. The summed E-state index contributed by atoms with van der Waals surface area (Å²) >= 11 is 0. The lowest BCUT2D eigenvalue weighted by molar-refractivity contribution is 0.0126. The van der Waals surface area contributed by atoms with Crippen LogP contribution in [0.3, 0.4) is 0 Å². The van der Waals surface area contributed by atoms with Crippen LogP contribution in [0.5, 0.6) is 0 Å². The van der Waals surface area contributed by atoms with Gasteiger partial charge in [0.05, 0.1) is 0 Å². The Morgan fingerprint density at radius 2 is 1.89 bits per heavy atom. The number of rotatable bonds is 7. The zero-order valence-corrected chi connectivity index (χ0v) is 11.4. The average molecular weight is 249 g/mol. The van der Waals surface area contributed by atoms with Crippen molar-refractivity contribution >= 4 is 0 Å². The van der Waals surface area contributed by atoms with Crippen molar-refractivity contribution in [2.75, 3.05) is 6.54 Å². The summed E-state index contributed by atoms with van der Waals surface area (Å²) < 4.78 is 0. The highest BCUT2D eigenvalue weighted by Crippen LogP contribution is 2.31. The molecule has 0 spiro atoms. The van der Waals surface area contributed by atoms with Crippen LogP contribution in [0.4, 0.5) is 0 Å². The number of benzene rings is 1. The Hall–Kier alpha value is -0.860. The molecule has 0 bridgehead atoms. The molecule has 102 valence electrons. The number of fused-ring (bicyclic) bond motifs is 1. The maximum absolute atomic E-state index is 10.2. The summed E-state index contributed by atoms with van der Waals surface area (Å²) in [5.41, 5.74) is 2.39. The van der Waals surface area contributed by atoms with E-state index in [2.05, 4.69) is 24.0 Å². The molecule has 1 heterocycles. The zero-order valence-electron chi connectivity index (χ0n) is 11.4. The molecule has 0 aromatic heterocycles. The first-order chi connectivity index (χ1) is 8.83. The van der Waals surface area contributed by atoms with Crippen LogP contribution in [0.2, 0.25) is 0 Å². The van der Waals surface area contributed by atoms with Gasteiger partial charge in [0.25, 0.3) is 0 Å². The smallest absolute Gasteiger partial charge is 0.134 e. The van der Waals surface area contributed by atoms with Gasteiger partial charge in [0.1, 0.15) is 6.23 Å². The number of unbranched alkanes of at least 4 members (excludes halogenated alkanes) is 5. The molecule has 1 N–H and O–H groups in total. The Morgan fingerprint density at radius 3 is 2.67 bits per heavy atom. The second-order valence-electron chi connectivity index (χ2n) is 5.31. The van der Waals surface area contributed by atoms with Crippen LogP contribution in [0.15, 0.2) is 24.3 Å². The lowest BCUT2D eigenvalue weighted by Gasteiger charge is -2.20. The Balaban J connectivity index is 0.00000180. The van der Waals surface area contributed by atoms with E-state index in [0.29, 0.717) is 0 Å². The SMILES string of the molecule is CCCCCCCCN1Cc2ccccc2[C@H]1O.[HH]. The Morgan fingerprint density at radius 1 is 1.17 bits per heavy atom. The molecule has 0 unspecified atom stereocenters. The average Bonchev–Trinajstić information content (AvgIpc) is 2.71. The predicted octanol–water partition coefficient (Wildman–Crippen LogP) is 4.10. The topological polar surface area (TPSA) is 23.5 Å². The van der Waals surface area contributed by atoms with Gasteiger partial charge in [-0.2, -0.15) is 0 Å². The van der Waals surface area contributed by atoms with E-state index < -0.39 is 0 Å². The molecule has 1 aromatic carbocycles. The molecule has 0 fully saturated rings. The molecule has 0 saturated carbocycles. The van der Waals surface area contributed by atoms with E-state index in [1.165, 1.54) is 44.1 Å². The summed E-state index contributed by atoms with van der Waals surface area (Å²) in [6.45, 7) is 4.17. The lowest BCUT2D eigenvalue weighted by atomic mass is 10.1. The number of aliphatic hydroxyl groups excluding tert-OH is 1. The highest BCUT2D eigenvalue weighted by molar-refractivity contribution is 5.32. The molecular formula is C16H27NO. The highest BCUT2D eigenvalue weighted by atomic mass is 16.3. The molecule has 1 aliphatic rings. The van der Waals surface area contributed by atoms with Crippen LogP contribution in [-0.4, -0.2) is 16.6 Å². The first-order valence-electron chi connectivity index (χ1n) is 7.33. The largest absolute Gasteiger partial charge is 0.374 e. The predicted molar refractivity (Wildman–Crippen MR) is 77.3 cm³/mol. The molecule has 0 saturated heterocycles. The number of nitrogens with zero attached hydrogens (tertiary/aromatic N) is 1. The third kappa shape index (κ3) is 3.33. The lowest BCUT2D eigenvalue weighted by Crippen LogP contribution is -2.22. The number of hydrogen-bond donors (Lipinski definition) is 1. The van der Waals surface area contributed by atoms with Gasteiger partial charge in [-0.05, 0) is 17.5 Å². The van der Waals surface area contributed by atoms with Crippen molar-refractivity contribution in [1.82, 2.24) is 4.90 Å². The fraction of sp³-hybridized carbons (Fsp3) is 0.625. The maximum Gasteiger partial charge on any atom is 0.134 e. The molecule has 2 nitrogen and oxygen atoms in total. The second kappa shape index (κ2) is 6.91. The Labute approximate surface area is 112 Å². The zero-order chi connectivity index (χ0) is 12.8. The van der Waals surface area contributed by atoms with Gasteiger partial charge >= 0.3 is 0 Å². The van der Waals surface area contributed by atoms with Crippen molar-refractivity contribution in [3.05, 3.63) is 35.4 Å². The van der Waals surface area contributed by atoms with Crippen LogP contribution >= 0.6 is 0 Å². The van der Waals surface area contributed by atoms with Crippen molar-refractivity contribution in [1.29, 1.82) is 0 Å². The first kappa shape index (κ1) is 13.6. The van der Waals surface area contributed by atoms with Gasteiger partial charge in [-0.25, -0.2) is 0 Å². The van der Waals surface area contributed by atoms with Gasteiger partial charge in [0.2, 0.25) is 0 Å². The minimum Gasteiger partial charge on any atom is -0.374 e. The summed E-state index contributed by atoms with van der Waals surface area (Å²) in [5, 5.41) is 10.2. The van der Waals surface area contributed by atoms with E-state index in [1.54, 1.807) is 0 Å². The van der Waals surface area contributed by atoms with Crippen molar-refractivity contribution in [2.24, 2.45) is 0 Å². The standard InChI is InChI=1S/C16H25NO.H2/c1-2-3-4-5-6-9-12-17-13-14-10-7-8-11-15(14)16(17)18;/h7-8,10-11,16,18H,2-6,9,12-13H2,1H3;1H/t16-;/m1./s1. The molecule has 0 amide bonds. The summed E-state index contributed by atoms with van der Waals surface area (Å²) in [7, 11) is 0. The van der Waals surface area contributed by atoms with Gasteiger partial charge in [-0.1, -0.05) is 63.3 Å². The Kier molecular flexibility index (Phi) is 5.21. The van der Waals surface area contributed by atoms with E-state index in [1.807, 2.05) is 12.1 Å². The van der Waals surface area contributed by atoms with E-state index in [-0.39, 0.29) is 7.65 Å². The third-order valence-corrected chi connectivity index (χ3v) is 3.85. The fourth-order valence-electron chi connectivity index (χ4n) is 2.73. The molecule has 0 radical (unpaired) electrons. The highest BCUT2D eigenvalue weighted by Gasteiger charge is 2.26. The summed E-state index contributed by atoms with van der Waals surface area (Å²) in [4.78, 5) is 2.19. The van der Waals surface area contributed by atoms with E-state index in [9.17, 15) is 5.11 Å². The normalized spacial score (nSPS) is 19.1. The molecule has 2 heteroatoms. The van der Waals surface area contributed by atoms with Crippen molar-refractivity contribution in [2.45, 2.75) is 58.2 Å². The molecule has 1 atom stereocenters. The maximum atomic E-state index is 10.2. The van der Waals surface area contributed by atoms with Crippen molar-refractivity contribution in [3.8, 4) is 0 Å². The third-order valence-electron chi connectivity index (χ3n) is 3.85. The van der Waals surface area contributed by atoms with E-state index in [4.69, 9.17) is 0 Å². The van der Waals surface area contributed by atoms with Gasteiger partial charge < -0.3 is 5.11 Å². The summed E-state index contributed by atoms with van der Waals surface area (Å²) in [6.07, 6.45) is 7.48. The van der Waals surface area contributed by atoms with Crippen LogP contribution in [0, 0.1) is 0 Å². The van der Waals surface area contributed by atoms with E-state index >= 15 is 0 Å². The molecule has 1 aromatic rings. The number of hydrogen-bond acceptors (Lipinski definition) is 2. The minimum absolute atomic E-state index is 0. The first-order valence-corrected chi connectivity index (χ1v) is 7.33. The van der Waals surface area contributed by atoms with Gasteiger partial charge in [-0.3, -0.25) is 4.90 Å². The van der Waals surface area contributed by atoms with Crippen molar-refractivity contribution in [3.63, 3.8) is 0 Å². The summed E-state index contributed by atoms with van der Waals surface area (Å²) in [5.74, 6) is 0. The van der Waals surface area contributed by atoms with Crippen molar-refractivity contribution < 1.29 is 6.53 Å². The molecule has 0 aliphatic carbocycles. The van der Waals surface area contributed by atoms with Crippen LogP contribution in [0.25, 0.3) is 0 Å². The van der Waals surface area contributed by atoms with Crippen LogP contribution < -0.4 is 0 Å². The van der Waals surface area contributed by atoms with E-state index in [0.717, 1.165) is 18.7 Å². The summed E-state index contributed by atoms with van der Waals surface area (Å²) in [6, 6.07) is 8.23. The number of aliphatic hydroxyl groups is 1. The van der Waals surface area contributed by atoms with Gasteiger partial charge in [0, 0.05) is 14.5 Å². The molecule has 18 heavy (non-hydrogen) atoms. The van der Waals surface area contributed by atoms with Crippen LogP contribution in [-0.2, 0) is 6.54 Å². The quantitative estimate of drug-likeness (QED) is 0.735. The monoisotopic (exact) mass is 249 g/mol. The molecule has 2 rings (SSSR count). The molecule has 1 aliphatic heterocycles. The molecular weight excluding hydrogens is 222 g/mol. The van der Waals surface area contributed by atoms with Gasteiger partial charge in [-0.15, -0.1) is 0 Å². The van der Waals surface area contributed by atoms with Crippen LogP contribution in [0.1, 0.15) is 64.2 Å². The fourth-order valence-corrected chi connectivity index (χ4v) is 2.73. The van der Waals surface area contributed by atoms with Gasteiger partial charge in [0.15, 0.2) is 0 Å². The second-order valence-corrected chi connectivity index (χ2v) is 5.31. The Bertz CT molecular complexity index is 370.